The zero-order valence-electron chi connectivity index (χ0n) is 16.9. The average Bonchev–Trinajstić information content (AvgIpc) is 2.81. The van der Waals surface area contributed by atoms with Crippen LogP contribution < -0.4 is 15.0 Å². The number of aromatic carboxylic acids is 1. The maximum Gasteiger partial charge on any atom is 0.387 e. The van der Waals surface area contributed by atoms with Gasteiger partial charge < -0.3 is 24.8 Å². The average molecular weight is 462 g/mol. The zero-order chi connectivity index (χ0) is 23.4. The molecule has 0 bridgehead atoms. The molecule has 0 saturated carbocycles. The highest BCUT2D eigenvalue weighted by Crippen LogP contribution is 2.28. The number of carboxylic acid groups (broad SMARTS) is 1. The first-order valence-electron chi connectivity index (χ1n) is 9.69. The first-order chi connectivity index (χ1) is 15.9. The van der Waals surface area contributed by atoms with Gasteiger partial charge in [0, 0.05) is 18.7 Å². The van der Waals surface area contributed by atoms with E-state index in [1.807, 2.05) is 4.90 Å². The molecule has 172 valence electrons. The summed E-state index contributed by atoms with van der Waals surface area (Å²) in [5.41, 5.74) is 0.107. The third kappa shape index (κ3) is 5.26. The van der Waals surface area contributed by atoms with E-state index in [1.54, 1.807) is 0 Å². The topological polar surface area (TPSA) is 123 Å². The molecule has 33 heavy (non-hydrogen) atoms. The summed E-state index contributed by atoms with van der Waals surface area (Å²) in [7, 11) is 0. The molecule has 0 amide bonds. The van der Waals surface area contributed by atoms with Gasteiger partial charge in [0.05, 0.1) is 19.4 Å². The van der Waals surface area contributed by atoms with Crippen LogP contribution >= 0.6 is 0 Å². The lowest BCUT2D eigenvalue weighted by molar-refractivity contribution is -0.0498. The van der Waals surface area contributed by atoms with Crippen LogP contribution in [-0.2, 0) is 4.74 Å². The lowest BCUT2D eigenvalue weighted by atomic mass is 10.0. The number of hydrogen-bond acceptors (Lipinski definition) is 9. The highest BCUT2D eigenvalue weighted by atomic mass is 19.3. The Morgan fingerprint density at radius 2 is 1.91 bits per heavy atom. The number of benzene rings is 1. The van der Waals surface area contributed by atoms with Crippen LogP contribution in [0.2, 0.25) is 0 Å². The highest BCUT2D eigenvalue weighted by molar-refractivity contribution is 5.94. The molecule has 1 aliphatic rings. The van der Waals surface area contributed by atoms with Crippen molar-refractivity contribution in [2.75, 3.05) is 36.5 Å². The maximum absolute atomic E-state index is 14.4. The molecule has 13 heteroatoms. The van der Waals surface area contributed by atoms with E-state index in [0.29, 0.717) is 37.8 Å². The van der Waals surface area contributed by atoms with Crippen molar-refractivity contribution in [2.45, 2.75) is 6.61 Å². The molecule has 0 radical (unpaired) electrons. The molecule has 0 atom stereocenters. The predicted molar refractivity (Wildman–Crippen MR) is 109 cm³/mol. The van der Waals surface area contributed by atoms with Gasteiger partial charge in [-0.1, -0.05) is 12.1 Å². The SMILES string of the molecule is O=C(O)c1nnc(Nc2nc(N3CCOCC3)ncc2F)cc1-c1ccc(OC(F)F)cc1. The van der Waals surface area contributed by atoms with E-state index in [9.17, 15) is 23.1 Å². The monoisotopic (exact) mass is 462 g/mol. The largest absolute Gasteiger partial charge is 0.476 e. The molecule has 0 spiro atoms. The van der Waals surface area contributed by atoms with Crippen molar-refractivity contribution in [2.24, 2.45) is 0 Å². The number of aromatic nitrogens is 4. The minimum Gasteiger partial charge on any atom is -0.476 e. The number of rotatable bonds is 7. The van der Waals surface area contributed by atoms with Crippen LogP contribution in [-0.4, -0.2) is 64.2 Å². The first kappa shape index (κ1) is 22.2. The van der Waals surface area contributed by atoms with Gasteiger partial charge in [0.25, 0.3) is 0 Å². The molecule has 3 heterocycles. The van der Waals surface area contributed by atoms with Crippen LogP contribution in [0.15, 0.2) is 36.5 Å². The summed E-state index contributed by atoms with van der Waals surface area (Å²) in [5, 5.41) is 19.7. The molecule has 1 aliphatic heterocycles. The summed E-state index contributed by atoms with van der Waals surface area (Å²) in [6.45, 7) is -0.901. The molecule has 1 saturated heterocycles. The smallest absolute Gasteiger partial charge is 0.387 e. The molecule has 0 unspecified atom stereocenters. The number of anilines is 3. The standard InChI is InChI=1S/C20H17F3N6O4/c21-14-10-24-20(29-5-7-32-8-6-29)26-17(14)25-15-9-13(16(18(30)31)28-27-15)11-1-3-12(4-2-11)33-19(22)23/h1-4,9-10,19H,5-8H2,(H,30,31)(H,24,25,26,27). The minimum atomic E-state index is -2.99. The highest BCUT2D eigenvalue weighted by Gasteiger charge is 2.19. The fourth-order valence-corrected chi connectivity index (χ4v) is 3.13. The van der Waals surface area contributed by atoms with Crippen molar-refractivity contribution in [3.8, 4) is 16.9 Å². The third-order valence-electron chi connectivity index (χ3n) is 4.66. The Hall–Kier alpha value is -4.00. The van der Waals surface area contributed by atoms with E-state index < -0.39 is 18.4 Å². The van der Waals surface area contributed by atoms with E-state index in [-0.39, 0.29) is 28.6 Å². The first-order valence-corrected chi connectivity index (χ1v) is 9.69. The number of carbonyl (C=O) groups is 1. The van der Waals surface area contributed by atoms with Crippen molar-refractivity contribution in [1.82, 2.24) is 20.2 Å². The fraction of sp³-hybridized carbons (Fsp3) is 0.250. The summed E-state index contributed by atoms with van der Waals surface area (Å²) in [4.78, 5) is 21.6. The minimum absolute atomic E-state index is 0.0217. The van der Waals surface area contributed by atoms with Crippen molar-refractivity contribution < 1.29 is 32.5 Å². The van der Waals surface area contributed by atoms with Gasteiger partial charge in [-0.3, -0.25) is 0 Å². The van der Waals surface area contributed by atoms with Gasteiger partial charge in [-0.2, -0.15) is 13.8 Å². The fourth-order valence-electron chi connectivity index (χ4n) is 3.13. The number of morpholine rings is 1. The number of halogens is 3. The van der Waals surface area contributed by atoms with Crippen molar-refractivity contribution in [3.05, 3.63) is 48.0 Å². The Labute approximate surface area is 185 Å². The van der Waals surface area contributed by atoms with E-state index in [1.165, 1.54) is 30.3 Å². The molecule has 2 N–H and O–H groups in total. The zero-order valence-corrected chi connectivity index (χ0v) is 16.9. The van der Waals surface area contributed by atoms with Gasteiger partial charge in [0.1, 0.15) is 5.75 Å². The summed E-state index contributed by atoms with van der Waals surface area (Å²) < 4.78 is 48.7. The predicted octanol–water partition coefficient (Wildman–Crippen LogP) is 2.95. The second kappa shape index (κ2) is 9.65. The van der Waals surface area contributed by atoms with Gasteiger partial charge in [-0.15, -0.1) is 10.2 Å². The Balaban J connectivity index is 1.64. The number of nitrogens with zero attached hydrogens (tertiary/aromatic N) is 5. The molecule has 1 fully saturated rings. The van der Waals surface area contributed by atoms with Crippen LogP contribution in [0.4, 0.5) is 30.8 Å². The Kier molecular flexibility index (Phi) is 6.49. The van der Waals surface area contributed by atoms with Gasteiger partial charge in [-0.25, -0.2) is 14.2 Å². The molecular weight excluding hydrogens is 445 g/mol. The van der Waals surface area contributed by atoms with Crippen LogP contribution in [0.25, 0.3) is 11.1 Å². The van der Waals surface area contributed by atoms with Crippen LogP contribution in [0.1, 0.15) is 10.5 Å². The van der Waals surface area contributed by atoms with Crippen molar-refractivity contribution in [1.29, 1.82) is 0 Å². The molecular formula is C20H17F3N6O4. The number of alkyl halides is 2. The Morgan fingerprint density at radius 1 is 1.18 bits per heavy atom. The van der Waals surface area contributed by atoms with Crippen LogP contribution in [0.5, 0.6) is 5.75 Å². The van der Waals surface area contributed by atoms with Gasteiger partial charge in [0.15, 0.2) is 23.1 Å². The normalized spacial score (nSPS) is 13.8. The van der Waals surface area contributed by atoms with Crippen molar-refractivity contribution in [3.63, 3.8) is 0 Å². The van der Waals surface area contributed by atoms with Gasteiger partial charge >= 0.3 is 12.6 Å². The summed E-state index contributed by atoms with van der Waals surface area (Å²) in [5.74, 6) is -2.04. The number of carboxylic acids is 1. The maximum atomic E-state index is 14.4. The third-order valence-corrected chi connectivity index (χ3v) is 4.66. The van der Waals surface area contributed by atoms with E-state index in [2.05, 4.69) is 30.2 Å². The summed E-state index contributed by atoms with van der Waals surface area (Å²) in [6, 6.07) is 6.66. The molecule has 0 aliphatic carbocycles. The molecule has 4 rings (SSSR count). The molecule has 10 nitrogen and oxygen atoms in total. The van der Waals surface area contributed by atoms with Gasteiger partial charge in [0.2, 0.25) is 5.95 Å². The molecule has 2 aromatic heterocycles. The number of hydrogen-bond donors (Lipinski definition) is 2. The number of ether oxygens (including phenoxy) is 2. The van der Waals surface area contributed by atoms with E-state index in [4.69, 9.17) is 4.74 Å². The quantitative estimate of drug-likeness (QED) is 0.542. The van der Waals surface area contributed by atoms with Crippen LogP contribution in [0.3, 0.4) is 0 Å². The van der Waals surface area contributed by atoms with Crippen molar-refractivity contribution >= 4 is 23.6 Å². The lowest BCUT2D eigenvalue weighted by Crippen LogP contribution is -2.37. The molecule has 1 aromatic carbocycles. The summed E-state index contributed by atoms with van der Waals surface area (Å²) in [6.07, 6.45) is 1.02. The van der Waals surface area contributed by atoms with Gasteiger partial charge in [-0.05, 0) is 23.8 Å². The second-order valence-corrected chi connectivity index (χ2v) is 6.79. The Morgan fingerprint density at radius 3 is 2.58 bits per heavy atom. The molecule has 3 aromatic rings. The lowest BCUT2D eigenvalue weighted by Gasteiger charge is -2.26. The number of nitrogens with one attached hydrogen (secondary N) is 1. The Bertz CT molecular complexity index is 1140. The second-order valence-electron chi connectivity index (χ2n) is 6.79. The van der Waals surface area contributed by atoms with Crippen LogP contribution in [0, 0.1) is 5.82 Å². The summed E-state index contributed by atoms with van der Waals surface area (Å²) >= 11 is 0. The van der Waals surface area contributed by atoms with E-state index in [0.717, 1.165) is 6.20 Å². The van der Waals surface area contributed by atoms with E-state index >= 15 is 0 Å².